The number of imidazole rings is 1. The second-order valence-electron chi connectivity index (χ2n) is 8.70. The first-order valence-electron chi connectivity index (χ1n) is 11.3. The Bertz CT molecular complexity index is 1220. The maximum atomic E-state index is 13.2. The third kappa shape index (κ3) is 3.98. The quantitative estimate of drug-likeness (QED) is 0.408. The summed E-state index contributed by atoms with van der Waals surface area (Å²) in [6.07, 6.45) is 2.00. The molecule has 5 rings (SSSR count). The van der Waals surface area contributed by atoms with Crippen molar-refractivity contribution in [1.82, 2.24) is 14.9 Å². The summed E-state index contributed by atoms with van der Waals surface area (Å²) in [5, 5.41) is 3.15. The molecule has 1 fully saturated rings. The number of nitrogens with zero attached hydrogens (tertiary/aromatic N) is 2. The highest BCUT2D eigenvalue weighted by molar-refractivity contribution is 5.94. The van der Waals surface area contributed by atoms with Gasteiger partial charge in [0.05, 0.1) is 16.7 Å². The summed E-state index contributed by atoms with van der Waals surface area (Å²) in [5.74, 6) is 1.19. The third-order valence-corrected chi connectivity index (χ3v) is 6.46. The molecule has 5 heteroatoms. The number of para-hydroxylation sites is 1. The molecule has 1 atom stereocenters. The van der Waals surface area contributed by atoms with E-state index in [2.05, 4.69) is 48.4 Å². The number of anilines is 1. The molecular formula is C27H28N4O. The summed E-state index contributed by atoms with van der Waals surface area (Å²) >= 11 is 0. The van der Waals surface area contributed by atoms with Crippen LogP contribution in [0.25, 0.3) is 22.2 Å². The fraction of sp³-hybridized carbons (Fsp3) is 0.259. The highest BCUT2D eigenvalue weighted by Gasteiger charge is 2.27. The maximum absolute atomic E-state index is 13.2. The monoisotopic (exact) mass is 424 g/mol. The van der Waals surface area contributed by atoms with E-state index in [-0.39, 0.29) is 11.9 Å². The Morgan fingerprint density at radius 3 is 2.62 bits per heavy atom. The average molecular weight is 425 g/mol. The van der Waals surface area contributed by atoms with Crippen LogP contribution in [0.4, 0.5) is 10.5 Å². The predicted molar refractivity (Wildman–Crippen MR) is 130 cm³/mol. The molecule has 162 valence electrons. The van der Waals surface area contributed by atoms with Crippen molar-refractivity contribution in [2.75, 3.05) is 18.4 Å². The molecule has 5 nitrogen and oxygen atoms in total. The van der Waals surface area contributed by atoms with Gasteiger partial charge in [-0.1, -0.05) is 48.5 Å². The van der Waals surface area contributed by atoms with Crippen molar-refractivity contribution in [1.29, 1.82) is 0 Å². The number of hydrogen-bond donors (Lipinski definition) is 2. The Hall–Kier alpha value is -3.60. The molecule has 2 N–H and O–H groups in total. The van der Waals surface area contributed by atoms with Crippen LogP contribution in [0, 0.1) is 13.8 Å². The number of amides is 2. The standard InChI is InChI=1S/C27H28N4O/c1-18-15-24-25(16-19(18)2)29-26(28-24)21-11-8-14-31(17-21)27(32)30-23-13-7-6-12-22(23)20-9-4-3-5-10-20/h3-7,9-10,12-13,15-16,21H,8,11,14,17H2,1-2H3,(H,28,29)(H,30,32)/t21-/m0/s1. The van der Waals surface area contributed by atoms with E-state index in [9.17, 15) is 4.79 Å². The number of urea groups is 1. The molecule has 1 aromatic heterocycles. The van der Waals surface area contributed by atoms with Crippen LogP contribution in [0.15, 0.2) is 66.7 Å². The van der Waals surface area contributed by atoms with Crippen LogP contribution in [0.3, 0.4) is 0 Å². The molecule has 4 aromatic rings. The fourth-order valence-electron chi connectivity index (χ4n) is 4.52. The molecule has 2 heterocycles. The Kier molecular flexibility index (Phi) is 5.39. The van der Waals surface area contributed by atoms with Crippen molar-refractivity contribution in [3.05, 3.63) is 83.7 Å². The van der Waals surface area contributed by atoms with Gasteiger partial charge in [-0.25, -0.2) is 9.78 Å². The van der Waals surface area contributed by atoms with Gasteiger partial charge in [-0.3, -0.25) is 0 Å². The molecule has 32 heavy (non-hydrogen) atoms. The fourth-order valence-corrected chi connectivity index (χ4v) is 4.52. The van der Waals surface area contributed by atoms with E-state index < -0.39 is 0 Å². The van der Waals surface area contributed by atoms with Crippen LogP contribution >= 0.6 is 0 Å². The first-order chi connectivity index (χ1) is 15.6. The van der Waals surface area contributed by atoms with Crippen molar-refractivity contribution in [3.63, 3.8) is 0 Å². The molecular weight excluding hydrogens is 396 g/mol. The number of carbonyl (C=O) groups is 1. The van der Waals surface area contributed by atoms with Crippen LogP contribution in [0.1, 0.15) is 35.7 Å². The van der Waals surface area contributed by atoms with E-state index in [1.165, 1.54) is 11.1 Å². The molecule has 3 aromatic carbocycles. The van der Waals surface area contributed by atoms with Crippen LogP contribution in [-0.4, -0.2) is 34.0 Å². The Morgan fingerprint density at radius 2 is 1.78 bits per heavy atom. The Labute approximate surface area is 188 Å². The van der Waals surface area contributed by atoms with Gasteiger partial charge in [0.25, 0.3) is 0 Å². The number of carbonyl (C=O) groups excluding carboxylic acids is 1. The zero-order valence-corrected chi connectivity index (χ0v) is 18.6. The van der Waals surface area contributed by atoms with Gasteiger partial charge in [0.15, 0.2) is 0 Å². The van der Waals surface area contributed by atoms with Crippen LogP contribution in [0.5, 0.6) is 0 Å². The van der Waals surface area contributed by atoms with E-state index in [0.717, 1.165) is 53.1 Å². The zero-order chi connectivity index (χ0) is 22.1. The number of aromatic amines is 1. The number of piperidine rings is 1. The molecule has 2 amide bonds. The number of likely N-dealkylation sites (tertiary alicyclic amines) is 1. The second kappa shape index (κ2) is 8.50. The predicted octanol–water partition coefficient (Wildman–Crippen LogP) is 6.26. The minimum absolute atomic E-state index is 0.0547. The first kappa shape index (κ1) is 20.3. The van der Waals surface area contributed by atoms with Crippen molar-refractivity contribution >= 4 is 22.8 Å². The van der Waals surface area contributed by atoms with Gasteiger partial charge in [0.1, 0.15) is 5.82 Å². The lowest BCUT2D eigenvalue weighted by Gasteiger charge is -2.32. The maximum Gasteiger partial charge on any atom is 0.321 e. The van der Waals surface area contributed by atoms with Gasteiger partial charge in [-0.2, -0.15) is 0 Å². The molecule has 0 radical (unpaired) electrons. The van der Waals surface area contributed by atoms with Gasteiger partial charge in [-0.05, 0) is 61.6 Å². The summed E-state index contributed by atoms with van der Waals surface area (Å²) in [6.45, 7) is 5.66. The molecule has 1 saturated heterocycles. The zero-order valence-electron chi connectivity index (χ0n) is 18.6. The van der Waals surface area contributed by atoms with Crippen LogP contribution in [-0.2, 0) is 0 Å². The van der Waals surface area contributed by atoms with Gasteiger partial charge in [0.2, 0.25) is 0 Å². The molecule has 0 unspecified atom stereocenters. The number of hydrogen-bond acceptors (Lipinski definition) is 2. The van der Waals surface area contributed by atoms with Crippen molar-refractivity contribution < 1.29 is 4.79 Å². The van der Waals surface area contributed by atoms with E-state index >= 15 is 0 Å². The van der Waals surface area contributed by atoms with Crippen LogP contribution < -0.4 is 5.32 Å². The highest BCUT2D eigenvalue weighted by Crippen LogP contribution is 2.30. The van der Waals surface area contributed by atoms with Gasteiger partial charge < -0.3 is 15.2 Å². The molecule has 0 spiro atoms. The minimum Gasteiger partial charge on any atom is -0.342 e. The summed E-state index contributed by atoms with van der Waals surface area (Å²) in [6, 6.07) is 22.4. The van der Waals surface area contributed by atoms with Crippen molar-refractivity contribution in [2.45, 2.75) is 32.6 Å². The number of aryl methyl sites for hydroxylation is 2. The Balaban J connectivity index is 1.34. The summed E-state index contributed by atoms with van der Waals surface area (Å²) in [4.78, 5) is 23.4. The lowest BCUT2D eigenvalue weighted by atomic mass is 9.97. The van der Waals surface area contributed by atoms with Crippen molar-refractivity contribution in [2.24, 2.45) is 0 Å². The molecule has 0 saturated carbocycles. The normalized spacial score (nSPS) is 16.3. The minimum atomic E-state index is -0.0547. The average Bonchev–Trinajstić information content (AvgIpc) is 3.23. The van der Waals surface area contributed by atoms with Crippen LogP contribution in [0.2, 0.25) is 0 Å². The third-order valence-electron chi connectivity index (χ3n) is 6.46. The number of rotatable bonds is 3. The molecule has 1 aliphatic rings. The van der Waals surface area contributed by atoms with Crippen molar-refractivity contribution in [3.8, 4) is 11.1 Å². The number of nitrogens with one attached hydrogen (secondary N) is 2. The van der Waals surface area contributed by atoms with Gasteiger partial charge in [0, 0.05) is 24.6 Å². The molecule has 0 aliphatic carbocycles. The topological polar surface area (TPSA) is 61.0 Å². The van der Waals surface area contributed by atoms with E-state index in [4.69, 9.17) is 4.98 Å². The SMILES string of the molecule is Cc1cc2nc([C@H]3CCCN(C(=O)Nc4ccccc4-c4ccccc4)C3)[nH]c2cc1C. The second-order valence-corrected chi connectivity index (χ2v) is 8.70. The number of aromatic nitrogens is 2. The summed E-state index contributed by atoms with van der Waals surface area (Å²) < 4.78 is 0. The van der Waals surface area contributed by atoms with E-state index in [0.29, 0.717) is 6.54 Å². The highest BCUT2D eigenvalue weighted by atomic mass is 16.2. The molecule has 1 aliphatic heterocycles. The number of benzene rings is 3. The van der Waals surface area contributed by atoms with E-state index in [1.807, 2.05) is 47.4 Å². The summed E-state index contributed by atoms with van der Waals surface area (Å²) in [5.41, 5.74) is 7.53. The first-order valence-corrected chi connectivity index (χ1v) is 11.3. The summed E-state index contributed by atoms with van der Waals surface area (Å²) in [7, 11) is 0. The van der Waals surface area contributed by atoms with Gasteiger partial charge >= 0.3 is 6.03 Å². The largest absolute Gasteiger partial charge is 0.342 e. The van der Waals surface area contributed by atoms with Gasteiger partial charge in [-0.15, -0.1) is 0 Å². The van der Waals surface area contributed by atoms with E-state index in [1.54, 1.807) is 0 Å². The number of fused-ring (bicyclic) bond motifs is 1. The Morgan fingerprint density at radius 1 is 1.03 bits per heavy atom. The smallest absolute Gasteiger partial charge is 0.321 e. The lowest BCUT2D eigenvalue weighted by Crippen LogP contribution is -2.41. The molecule has 0 bridgehead atoms. The lowest BCUT2D eigenvalue weighted by molar-refractivity contribution is 0.191. The number of H-pyrrole nitrogens is 1.